The summed E-state index contributed by atoms with van der Waals surface area (Å²) in [4.78, 5) is 31.1. The Morgan fingerprint density at radius 2 is 2.20 bits per heavy atom. The summed E-state index contributed by atoms with van der Waals surface area (Å²) >= 11 is 0. The van der Waals surface area contributed by atoms with E-state index >= 15 is 0 Å². The van der Waals surface area contributed by atoms with Crippen molar-refractivity contribution in [3.05, 3.63) is 52.2 Å². The van der Waals surface area contributed by atoms with Crippen LogP contribution in [-0.2, 0) is 0 Å². The molecule has 0 atom stereocenters. The number of amides is 1. The summed E-state index contributed by atoms with van der Waals surface area (Å²) in [6.45, 7) is 4.10. The molecule has 2 N–H and O–H groups in total. The zero-order valence-electron chi connectivity index (χ0n) is 11.3. The number of hydrogen-bond acceptors (Lipinski definition) is 4. The molecule has 1 aromatic heterocycles. The van der Waals surface area contributed by atoms with Crippen LogP contribution in [0.25, 0.3) is 0 Å². The smallest absolute Gasteiger partial charge is 0.278 e. The van der Waals surface area contributed by atoms with Crippen LogP contribution in [0.2, 0.25) is 0 Å². The zero-order valence-corrected chi connectivity index (χ0v) is 11.3. The Morgan fingerprint density at radius 1 is 1.45 bits per heavy atom. The number of H-pyrrole nitrogens is 1. The van der Waals surface area contributed by atoms with E-state index in [1.807, 2.05) is 13.8 Å². The number of aromatic hydroxyl groups is 1. The van der Waals surface area contributed by atoms with Crippen LogP contribution in [0.4, 0.5) is 5.69 Å². The first-order chi connectivity index (χ1) is 9.52. The first-order valence-corrected chi connectivity index (χ1v) is 6.19. The van der Waals surface area contributed by atoms with Gasteiger partial charge in [0.15, 0.2) is 0 Å². The molecule has 0 fully saturated rings. The number of anilines is 1. The van der Waals surface area contributed by atoms with E-state index in [2.05, 4.69) is 9.97 Å². The standard InChI is InChI=1S/C14H15N3O3/c1-3-17(12-6-10(18)5-4-9(12)2)14(20)11-7-16-13(19)8-15-11/h4-8,18H,3H2,1-2H3,(H,16,19). The summed E-state index contributed by atoms with van der Waals surface area (Å²) < 4.78 is 0. The number of carbonyl (C=O) groups excluding carboxylic acids is 1. The maximum Gasteiger partial charge on any atom is 0.278 e. The molecule has 0 saturated carbocycles. The fourth-order valence-electron chi connectivity index (χ4n) is 1.91. The van der Waals surface area contributed by atoms with Gasteiger partial charge in [-0.25, -0.2) is 4.98 Å². The lowest BCUT2D eigenvalue weighted by Crippen LogP contribution is -2.32. The van der Waals surface area contributed by atoms with Crippen LogP contribution in [-0.4, -0.2) is 27.5 Å². The third-order valence-electron chi connectivity index (χ3n) is 2.94. The van der Waals surface area contributed by atoms with Gasteiger partial charge in [0, 0.05) is 18.8 Å². The largest absolute Gasteiger partial charge is 0.508 e. The number of phenols is 1. The van der Waals surface area contributed by atoms with Crippen molar-refractivity contribution in [3.63, 3.8) is 0 Å². The highest BCUT2D eigenvalue weighted by Crippen LogP contribution is 2.25. The molecule has 6 nitrogen and oxygen atoms in total. The maximum absolute atomic E-state index is 12.4. The second kappa shape index (κ2) is 5.56. The molecule has 0 unspecified atom stereocenters. The number of nitrogens with one attached hydrogen (secondary N) is 1. The lowest BCUT2D eigenvalue weighted by molar-refractivity contribution is 0.0983. The van der Waals surface area contributed by atoms with Crippen molar-refractivity contribution in [1.82, 2.24) is 9.97 Å². The van der Waals surface area contributed by atoms with Gasteiger partial charge in [0.2, 0.25) is 0 Å². The van der Waals surface area contributed by atoms with Crippen molar-refractivity contribution in [3.8, 4) is 5.75 Å². The molecule has 0 saturated heterocycles. The van der Waals surface area contributed by atoms with E-state index in [1.165, 1.54) is 17.2 Å². The van der Waals surface area contributed by atoms with Crippen molar-refractivity contribution >= 4 is 11.6 Å². The summed E-state index contributed by atoms with van der Waals surface area (Å²) in [6, 6.07) is 4.83. The minimum Gasteiger partial charge on any atom is -0.508 e. The molecule has 1 aromatic carbocycles. The Hall–Kier alpha value is -2.63. The Balaban J connectivity index is 2.41. The van der Waals surface area contributed by atoms with E-state index in [0.717, 1.165) is 11.8 Å². The third-order valence-corrected chi connectivity index (χ3v) is 2.94. The van der Waals surface area contributed by atoms with E-state index in [1.54, 1.807) is 12.1 Å². The SMILES string of the molecule is CCN(C(=O)c1c[nH]c(=O)cn1)c1cc(O)ccc1C. The van der Waals surface area contributed by atoms with Crippen LogP contribution in [0.3, 0.4) is 0 Å². The third kappa shape index (κ3) is 2.69. The number of aryl methyl sites for hydroxylation is 1. The summed E-state index contributed by atoms with van der Waals surface area (Å²) in [5, 5.41) is 9.57. The number of phenolic OH excluding ortho intramolecular Hbond substituents is 1. The zero-order chi connectivity index (χ0) is 14.7. The number of benzene rings is 1. The van der Waals surface area contributed by atoms with Crippen molar-refractivity contribution in [2.75, 3.05) is 11.4 Å². The predicted molar refractivity (Wildman–Crippen MR) is 75.1 cm³/mol. The first-order valence-electron chi connectivity index (χ1n) is 6.19. The number of aromatic amines is 1. The molecule has 0 aliphatic rings. The predicted octanol–water partition coefficient (Wildman–Crippen LogP) is 1.45. The van der Waals surface area contributed by atoms with Gasteiger partial charge < -0.3 is 15.0 Å². The van der Waals surface area contributed by atoms with Gasteiger partial charge in [-0.05, 0) is 25.5 Å². The number of rotatable bonds is 3. The van der Waals surface area contributed by atoms with Crippen molar-refractivity contribution in [2.45, 2.75) is 13.8 Å². The van der Waals surface area contributed by atoms with E-state index < -0.39 is 0 Å². The van der Waals surface area contributed by atoms with Crippen LogP contribution in [0, 0.1) is 6.92 Å². The van der Waals surface area contributed by atoms with E-state index in [-0.39, 0.29) is 22.9 Å². The molecule has 0 aliphatic carbocycles. The summed E-state index contributed by atoms with van der Waals surface area (Å²) in [5.41, 5.74) is 1.26. The van der Waals surface area contributed by atoms with Gasteiger partial charge in [0.1, 0.15) is 11.4 Å². The molecule has 1 amide bonds. The average Bonchev–Trinajstić information content (AvgIpc) is 2.44. The molecule has 0 radical (unpaired) electrons. The minimum absolute atomic E-state index is 0.0891. The molecule has 104 valence electrons. The quantitative estimate of drug-likeness (QED) is 0.886. The van der Waals surface area contributed by atoms with Gasteiger partial charge in [-0.15, -0.1) is 0 Å². The van der Waals surface area contributed by atoms with Crippen molar-refractivity contribution in [1.29, 1.82) is 0 Å². The molecular weight excluding hydrogens is 258 g/mol. The molecular formula is C14H15N3O3. The Bertz CT molecular complexity index is 674. The normalized spacial score (nSPS) is 10.3. The summed E-state index contributed by atoms with van der Waals surface area (Å²) in [6.07, 6.45) is 2.35. The number of aromatic nitrogens is 2. The van der Waals surface area contributed by atoms with Crippen molar-refractivity contribution in [2.24, 2.45) is 0 Å². The average molecular weight is 273 g/mol. The Kier molecular flexibility index (Phi) is 3.84. The minimum atomic E-state index is -0.363. The molecule has 0 spiro atoms. The van der Waals surface area contributed by atoms with Crippen LogP contribution in [0.15, 0.2) is 35.4 Å². The number of nitrogens with zero attached hydrogens (tertiary/aromatic N) is 2. The van der Waals surface area contributed by atoms with Gasteiger partial charge in [-0.2, -0.15) is 0 Å². The first kappa shape index (κ1) is 13.8. The topological polar surface area (TPSA) is 86.3 Å². The number of hydrogen-bond donors (Lipinski definition) is 2. The van der Waals surface area contributed by atoms with Crippen molar-refractivity contribution < 1.29 is 9.90 Å². The molecule has 0 aliphatic heterocycles. The lowest BCUT2D eigenvalue weighted by atomic mass is 10.1. The number of carbonyl (C=O) groups is 1. The maximum atomic E-state index is 12.4. The van der Waals surface area contributed by atoms with Gasteiger partial charge in [0.25, 0.3) is 11.5 Å². The van der Waals surface area contributed by atoms with Gasteiger partial charge in [-0.1, -0.05) is 6.07 Å². The summed E-state index contributed by atoms with van der Waals surface area (Å²) in [7, 11) is 0. The molecule has 6 heteroatoms. The molecule has 0 bridgehead atoms. The molecule has 1 heterocycles. The van der Waals surface area contributed by atoms with Gasteiger partial charge >= 0.3 is 0 Å². The van der Waals surface area contributed by atoms with Crippen LogP contribution < -0.4 is 10.5 Å². The summed E-state index contributed by atoms with van der Waals surface area (Å²) in [5.74, 6) is -0.247. The molecule has 20 heavy (non-hydrogen) atoms. The van der Waals surface area contributed by atoms with E-state index in [0.29, 0.717) is 12.2 Å². The van der Waals surface area contributed by atoms with E-state index in [9.17, 15) is 14.7 Å². The van der Waals surface area contributed by atoms with Gasteiger partial charge in [-0.3, -0.25) is 9.59 Å². The van der Waals surface area contributed by atoms with Crippen LogP contribution in [0.5, 0.6) is 5.75 Å². The van der Waals surface area contributed by atoms with Crippen LogP contribution in [0.1, 0.15) is 23.0 Å². The molecule has 2 aromatic rings. The highest BCUT2D eigenvalue weighted by molar-refractivity contribution is 6.05. The fourth-order valence-corrected chi connectivity index (χ4v) is 1.91. The highest BCUT2D eigenvalue weighted by Gasteiger charge is 2.19. The lowest BCUT2D eigenvalue weighted by Gasteiger charge is -2.22. The molecule has 2 rings (SSSR count). The second-order valence-electron chi connectivity index (χ2n) is 4.32. The Labute approximate surface area is 115 Å². The highest BCUT2D eigenvalue weighted by atomic mass is 16.3. The van der Waals surface area contributed by atoms with E-state index in [4.69, 9.17) is 0 Å². The Morgan fingerprint density at radius 3 is 2.80 bits per heavy atom. The van der Waals surface area contributed by atoms with Crippen LogP contribution >= 0.6 is 0 Å². The van der Waals surface area contributed by atoms with Gasteiger partial charge in [0.05, 0.1) is 11.9 Å². The second-order valence-corrected chi connectivity index (χ2v) is 4.32. The monoisotopic (exact) mass is 273 g/mol. The fraction of sp³-hybridized carbons (Fsp3) is 0.214.